The summed E-state index contributed by atoms with van der Waals surface area (Å²) in [4.78, 5) is 23.7. The van der Waals surface area contributed by atoms with Crippen LogP contribution in [0.5, 0.6) is 5.75 Å². The molecule has 11 heteroatoms. The highest BCUT2D eigenvalue weighted by molar-refractivity contribution is 5.76. The number of benzene rings is 2. The Hall–Kier alpha value is -4.93. The van der Waals surface area contributed by atoms with Crippen LogP contribution in [0.15, 0.2) is 67.1 Å². The summed E-state index contributed by atoms with van der Waals surface area (Å²) in [5.41, 5.74) is 7.03. The van der Waals surface area contributed by atoms with Gasteiger partial charge in [-0.25, -0.2) is 9.97 Å². The molecule has 2 fully saturated rings. The van der Waals surface area contributed by atoms with Gasteiger partial charge in [0.2, 0.25) is 5.95 Å². The van der Waals surface area contributed by atoms with Crippen molar-refractivity contribution in [3.8, 4) is 11.6 Å². The molecule has 0 aliphatic carbocycles. The normalized spacial score (nSPS) is 16.0. The molecule has 0 amide bonds. The predicted molar refractivity (Wildman–Crippen MR) is 165 cm³/mol. The SMILES string of the molecule is Cc1ccc(N2CCN(c3cnnc(-n4cnc5c(C)nc(N6CCN(c7ccc(O)cc7)CC6)nc54)c3)CC2)cc1. The Morgan fingerprint density at radius 1 is 0.667 bits per heavy atom. The second kappa shape index (κ2) is 10.8. The van der Waals surface area contributed by atoms with Gasteiger partial charge in [0, 0.05) is 69.8 Å². The van der Waals surface area contributed by atoms with Crippen LogP contribution in [0.2, 0.25) is 0 Å². The third-order valence-corrected chi connectivity index (χ3v) is 8.25. The van der Waals surface area contributed by atoms with Crippen molar-refractivity contribution in [2.45, 2.75) is 13.8 Å². The number of phenolic OH excluding ortho intramolecular Hbond substituents is 1. The van der Waals surface area contributed by atoms with Crippen molar-refractivity contribution >= 4 is 34.2 Å². The van der Waals surface area contributed by atoms with E-state index in [0.717, 1.165) is 80.6 Å². The van der Waals surface area contributed by atoms with Gasteiger partial charge in [-0.05, 0) is 50.2 Å². The fraction of sp³-hybridized carbons (Fsp3) is 0.323. The lowest BCUT2D eigenvalue weighted by atomic mass is 10.2. The number of anilines is 4. The van der Waals surface area contributed by atoms with Crippen LogP contribution >= 0.6 is 0 Å². The Morgan fingerprint density at radius 2 is 1.24 bits per heavy atom. The second-order valence-corrected chi connectivity index (χ2v) is 11.0. The number of fused-ring (bicyclic) bond motifs is 1. The van der Waals surface area contributed by atoms with Crippen LogP contribution in [-0.4, -0.2) is 87.2 Å². The monoisotopic (exact) mass is 562 g/mol. The molecule has 0 atom stereocenters. The fourth-order valence-electron chi connectivity index (χ4n) is 5.78. The maximum atomic E-state index is 9.62. The third-order valence-electron chi connectivity index (χ3n) is 8.25. The number of piperazine rings is 2. The van der Waals surface area contributed by atoms with Crippen LogP contribution < -0.4 is 19.6 Å². The van der Waals surface area contributed by atoms with E-state index in [9.17, 15) is 5.11 Å². The van der Waals surface area contributed by atoms with Crippen LogP contribution in [0.1, 0.15) is 11.3 Å². The summed E-state index contributed by atoms with van der Waals surface area (Å²) in [6, 6.07) is 18.2. The van der Waals surface area contributed by atoms with Crippen LogP contribution in [0, 0.1) is 13.8 Å². The summed E-state index contributed by atoms with van der Waals surface area (Å²) in [5, 5.41) is 18.4. The van der Waals surface area contributed by atoms with E-state index in [1.807, 2.05) is 29.8 Å². The van der Waals surface area contributed by atoms with Crippen molar-refractivity contribution < 1.29 is 5.11 Å². The average Bonchev–Trinajstić information content (AvgIpc) is 3.47. The van der Waals surface area contributed by atoms with Crippen molar-refractivity contribution in [3.05, 3.63) is 78.4 Å². The zero-order chi connectivity index (χ0) is 28.6. The molecule has 0 spiro atoms. The van der Waals surface area contributed by atoms with Crippen LogP contribution in [0.25, 0.3) is 17.0 Å². The molecule has 2 aliphatic rings. The number of aryl methyl sites for hydroxylation is 2. The van der Waals surface area contributed by atoms with Crippen molar-refractivity contribution in [2.75, 3.05) is 72.0 Å². The van der Waals surface area contributed by atoms with E-state index < -0.39 is 0 Å². The van der Waals surface area contributed by atoms with Gasteiger partial charge in [0.25, 0.3) is 0 Å². The number of phenols is 1. The first-order valence-electron chi connectivity index (χ1n) is 14.4. The zero-order valence-electron chi connectivity index (χ0n) is 23.9. The number of nitrogens with zero attached hydrogens (tertiary/aromatic N) is 10. The first-order chi connectivity index (χ1) is 20.5. The third kappa shape index (κ3) is 5.02. The highest BCUT2D eigenvalue weighted by Crippen LogP contribution is 2.26. The molecule has 1 N–H and O–H groups in total. The molecule has 2 saturated heterocycles. The lowest BCUT2D eigenvalue weighted by molar-refractivity contribution is 0.475. The van der Waals surface area contributed by atoms with Gasteiger partial charge in [-0.2, -0.15) is 10.1 Å². The lowest BCUT2D eigenvalue weighted by Crippen LogP contribution is -2.47. The van der Waals surface area contributed by atoms with Gasteiger partial charge in [0.05, 0.1) is 17.6 Å². The highest BCUT2D eigenvalue weighted by atomic mass is 16.3. The molecule has 0 saturated carbocycles. The Kier molecular flexibility index (Phi) is 6.69. The number of aromatic nitrogens is 6. The van der Waals surface area contributed by atoms with E-state index in [1.54, 1.807) is 18.5 Å². The average molecular weight is 563 g/mol. The molecule has 5 heterocycles. The molecular weight excluding hydrogens is 528 g/mol. The van der Waals surface area contributed by atoms with E-state index in [4.69, 9.17) is 9.97 Å². The maximum Gasteiger partial charge on any atom is 0.227 e. The van der Waals surface area contributed by atoms with Gasteiger partial charge in [-0.1, -0.05) is 17.7 Å². The van der Waals surface area contributed by atoms with Crippen molar-refractivity contribution in [2.24, 2.45) is 0 Å². The Bertz CT molecular complexity index is 1690. The summed E-state index contributed by atoms with van der Waals surface area (Å²) in [5.74, 6) is 1.67. The molecule has 0 radical (unpaired) electrons. The van der Waals surface area contributed by atoms with Gasteiger partial charge >= 0.3 is 0 Å². The molecule has 0 unspecified atom stereocenters. The quantitative estimate of drug-likeness (QED) is 0.342. The molecule has 7 rings (SSSR count). The molecule has 2 aromatic carbocycles. The Morgan fingerprint density at radius 3 is 1.88 bits per heavy atom. The van der Waals surface area contributed by atoms with Gasteiger partial charge in [0.15, 0.2) is 11.5 Å². The smallest absolute Gasteiger partial charge is 0.227 e. The summed E-state index contributed by atoms with van der Waals surface area (Å²) in [6.45, 7) is 11.1. The molecule has 11 nitrogen and oxygen atoms in total. The van der Waals surface area contributed by atoms with Crippen LogP contribution in [0.3, 0.4) is 0 Å². The minimum Gasteiger partial charge on any atom is -0.508 e. The number of imidazole rings is 1. The predicted octanol–water partition coefficient (Wildman–Crippen LogP) is 3.58. The Labute approximate surface area is 244 Å². The number of hydrogen-bond donors (Lipinski definition) is 1. The standard InChI is InChI=1S/C31H34N10O/c1-22-3-5-24(6-4-22)37-11-13-39(14-12-37)26-19-28(36-33-20-26)41-21-32-29-23(2)34-31(35-30(29)41)40-17-15-38(16-18-40)25-7-9-27(42)10-8-25/h3-10,19-21,42H,11-18H2,1-2H3. The first kappa shape index (κ1) is 26.0. The molecular formula is C31H34N10O. The topological polar surface area (TPSA) is 103 Å². The van der Waals surface area contributed by atoms with E-state index in [1.165, 1.54) is 11.3 Å². The maximum absolute atomic E-state index is 9.62. The number of hydrogen-bond acceptors (Lipinski definition) is 10. The fourth-order valence-corrected chi connectivity index (χ4v) is 5.78. The number of rotatable bonds is 5. The summed E-state index contributed by atoms with van der Waals surface area (Å²) >= 11 is 0. The molecule has 0 bridgehead atoms. The second-order valence-electron chi connectivity index (χ2n) is 11.0. The molecule has 3 aromatic heterocycles. The van der Waals surface area contributed by atoms with Crippen LogP contribution in [0.4, 0.5) is 23.0 Å². The minimum atomic E-state index is 0.280. The molecule has 5 aromatic rings. The summed E-state index contributed by atoms with van der Waals surface area (Å²) in [6.07, 6.45) is 3.60. The minimum absolute atomic E-state index is 0.280. The van der Waals surface area contributed by atoms with Gasteiger partial charge in [-0.3, -0.25) is 4.57 Å². The van der Waals surface area contributed by atoms with Gasteiger partial charge in [-0.15, -0.1) is 5.10 Å². The van der Waals surface area contributed by atoms with E-state index in [0.29, 0.717) is 11.8 Å². The van der Waals surface area contributed by atoms with Crippen LogP contribution in [-0.2, 0) is 0 Å². The number of aromatic hydroxyl groups is 1. The van der Waals surface area contributed by atoms with Crippen molar-refractivity contribution in [1.29, 1.82) is 0 Å². The van der Waals surface area contributed by atoms with Gasteiger partial charge in [0.1, 0.15) is 17.6 Å². The zero-order valence-corrected chi connectivity index (χ0v) is 23.9. The van der Waals surface area contributed by atoms with E-state index >= 15 is 0 Å². The van der Waals surface area contributed by atoms with Crippen molar-refractivity contribution in [3.63, 3.8) is 0 Å². The lowest BCUT2D eigenvalue weighted by Gasteiger charge is -2.37. The summed E-state index contributed by atoms with van der Waals surface area (Å²) < 4.78 is 1.92. The molecule has 214 valence electrons. The molecule has 42 heavy (non-hydrogen) atoms. The van der Waals surface area contributed by atoms with Crippen molar-refractivity contribution in [1.82, 2.24) is 29.7 Å². The van der Waals surface area contributed by atoms with Gasteiger partial charge < -0.3 is 24.7 Å². The first-order valence-corrected chi connectivity index (χ1v) is 14.4. The van der Waals surface area contributed by atoms with E-state index in [2.05, 4.69) is 72.0 Å². The highest BCUT2D eigenvalue weighted by Gasteiger charge is 2.23. The molecule has 2 aliphatic heterocycles. The Balaban J connectivity index is 1.08. The van der Waals surface area contributed by atoms with E-state index in [-0.39, 0.29) is 5.75 Å². The largest absolute Gasteiger partial charge is 0.508 e. The summed E-state index contributed by atoms with van der Waals surface area (Å²) in [7, 11) is 0.